The van der Waals surface area contributed by atoms with Gasteiger partial charge in [0.05, 0.1) is 6.42 Å². The molecule has 0 saturated carbocycles. The predicted molar refractivity (Wildman–Crippen MR) is 70.0 cm³/mol. The summed E-state index contributed by atoms with van der Waals surface area (Å²) in [4.78, 5) is 14.9. The number of H-pyrrole nitrogens is 1. The van der Waals surface area contributed by atoms with Crippen LogP contribution in [0.4, 0.5) is 0 Å². The molecule has 1 heterocycles. The molecule has 3 heteroatoms. The SMILES string of the molecule is CCCNC(=O)Cc1c[nH]c2cccc(C)c12. The monoisotopic (exact) mass is 230 g/mol. The minimum absolute atomic E-state index is 0.0935. The van der Waals surface area contributed by atoms with E-state index in [9.17, 15) is 4.79 Å². The molecule has 2 aromatic rings. The van der Waals surface area contributed by atoms with Crippen molar-refractivity contribution in [2.75, 3.05) is 6.54 Å². The first-order valence-corrected chi connectivity index (χ1v) is 6.04. The number of fused-ring (bicyclic) bond motifs is 1. The summed E-state index contributed by atoms with van der Waals surface area (Å²) in [5.41, 5.74) is 3.39. The standard InChI is InChI=1S/C14H18N2O/c1-3-7-15-13(17)8-11-9-16-12-6-4-5-10(2)14(11)12/h4-6,9,16H,3,7-8H2,1-2H3,(H,15,17). The molecule has 0 aliphatic carbocycles. The largest absolute Gasteiger partial charge is 0.361 e. The summed E-state index contributed by atoms with van der Waals surface area (Å²) in [5, 5.41) is 4.08. The molecule has 90 valence electrons. The first kappa shape index (κ1) is 11.7. The Morgan fingerprint density at radius 3 is 3.00 bits per heavy atom. The van der Waals surface area contributed by atoms with Crippen molar-refractivity contribution in [2.45, 2.75) is 26.7 Å². The normalized spacial score (nSPS) is 10.7. The van der Waals surface area contributed by atoms with Crippen molar-refractivity contribution >= 4 is 16.8 Å². The molecule has 17 heavy (non-hydrogen) atoms. The van der Waals surface area contributed by atoms with Gasteiger partial charge in [-0.25, -0.2) is 0 Å². The van der Waals surface area contributed by atoms with Gasteiger partial charge in [0.1, 0.15) is 0 Å². The van der Waals surface area contributed by atoms with Gasteiger partial charge in [-0.3, -0.25) is 4.79 Å². The maximum absolute atomic E-state index is 11.7. The maximum atomic E-state index is 11.7. The van der Waals surface area contributed by atoms with Crippen molar-refractivity contribution in [2.24, 2.45) is 0 Å². The molecular formula is C14H18N2O. The van der Waals surface area contributed by atoms with Crippen LogP contribution in [0.5, 0.6) is 0 Å². The number of rotatable bonds is 4. The van der Waals surface area contributed by atoms with Gasteiger partial charge in [0, 0.05) is 23.6 Å². The van der Waals surface area contributed by atoms with Crippen LogP contribution in [-0.2, 0) is 11.2 Å². The van der Waals surface area contributed by atoms with Gasteiger partial charge < -0.3 is 10.3 Å². The number of aryl methyl sites for hydroxylation is 1. The zero-order chi connectivity index (χ0) is 12.3. The Hall–Kier alpha value is -1.77. The molecule has 0 atom stereocenters. The minimum Gasteiger partial charge on any atom is -0.361 e. The van der Waals surface area contributed by atoms with Gasteiger partial charge >= 0.3 is 0 Å². The average molecular weight is 230 g/mol. The smallest absolute Gasteiger partial charge is 0.224 e. The third-order valence-corrected chi connectivity index (χ3v) is 2.92. The zero-order valence-electron chi connectivity index (χ0n) is 10.3. The molecule has 3 nitrogen and oxygen atoms in total. The fraction of sp³-hybridized carbons (Fsp3) is 0.357. The lowest BCUT2D eigenvalue weighted by Crippen LogP contribution is -2.25. The molecule has 2 rings (SSSR count). The van der Waals surface area contributed by atoms with Crippen molar-refractivity contribution in [3.8, 4) is 0 Å². The molecule has 0 unspecified atom stereocenters. The fourth-order valence-corrected chi connectivity index (χ4v) is 2.09. The predicted octanol–water partition coefficient (Wildman–Crippen LogP) is 2.55. The molecule has 0 saturated heterocycles. The lowest BCUT2D eigenvalue weighted by molar-refractivity contribution is -0.120. The molecule has 2 N–H and O–H groups in total. The summed E-state index contributed by atoms with van der Waals surface area (Å²) < 4.78 is 0. The molecule has 1 aromatic carbocycles. The molecule has 1 amide bonds. The van der Waals surface area contributed by atoms with E-state index in [0.29, 0.717) is 6.42 Å². The van der Waals surface area contributed by atoms with E-state index >= 15 is 0 Å². The first-order chi connectivity index (χ1) is 8.22. The second kappa shape index (κ2) is 5.04. The second-order valence-electron chi connectivity index (χ2n) is 4.34. The topological polar surface area (TPSA) is 44.9 Å². The Balaban J connectivity index is 2.22. The molecule has 1 aromatic heterocycles. The molecule has 0 radical (unpaired) electrons. The summed E-state index contributed by atoms with van der Waals surface area (Å²) in [7, 11) is 0. The van der Waals surface area contributed by atoms with Crippen molar-refractivity contribution in [3.63, 3.8) is 0 Å². The Morgan fingerprint density at radius 2 is 2.24 bits per heavy atom. The number of aromatic nitrogens is 1. The van der Waals surface area contributed by atoms with Crippen molar-refractivity contribution in [1.82, 2.24) is 10.3 Å². The van der Waals surface area contributed by atoms with Gasteiger partial charge in [-0.15, -0.1) is 0 Å². The van der Waals surface area contributed by atoms with Crippen LogP contribution in [0, 0.1) is 6.92 Å². The number of aromatic amines is 1. The van der Waals surface area contributed by atoms with E-state index in [1.165, 1.54) is 10.9 Å². The van der Waals surface area contributed by atoms with Crippen molar-refractivity contribution in [1.29, 1.82) is 0 Å². The average Bonchev–Trinajstić information content (AvgIpc) is 2.71. The van der Waals surface area contributed by atoms with Crippen molar-refractivity contribution < 1.29 is 4.79 Å². The highest BCUT2D eigenvalue weighted by Gasteiger charge is 2.09. The van der Waals surface area contributed by atoms with Crippen LogP contribution in [0.2, 0.25) is 0 Å². The van der Waals surface area contributed by atoms with E-state index in [0.717, 1.165) is 24.0 Å². The Bertz CT molecular complexity index is 528. The molecule has 0 aliphatic rings. The summed E-state index contributed by atoms with van der Waals surface area (Å²) in [6.45, 7) is 4.87. The van der Waals surface area contributed by atoms with E-state index in [-0.39, 0.29) is 5.91 Å². The number of nitrogens with one attached hydrogen (secondary N) is 2. The van der Waals surface area contributed by atoms with Gasteiger partial charge in [0.15, 0.2) is 0 Å². The number of carbonyl (C=O) groups excluding carboxylic acids is 1. The van der Waals surface area contributed by atoms with E-state index in [2.05, 4.69) is 30.2 Å². The van der Waals surface area contributed by atoms with Crippen LogP contribution >= 0.6 is 0 Å². The number of hydrogen-bond acceptors (Lipinski definition) is 1. The summed E-state index contributed by atoms with van der Waals surface area (Å²) in [6.07, 6.45) is 3.35. The number of carbonyl (C=O) groups is 1. The van der Waals surface area contributed by atoms with Gasteiger partial charge in [-0.05, 0) is 30.5 Å². The maximum Gasteiger partial charge on any atom is 0.224 e. The Kier molecular flexibility index (Phi) is 3.47. The minimum atomic E-state index is 0.0935. The lowest BCUT2D eigenvalue weighted by atomic mass is 10.1. The van der Waals surface area contributed by atoms with Gasteiger partial charge in [-0.1, -0.05) is 19.1 Å². The highest BCUT2D eigenvalue weighted by atomic mass is 16.1. The fourth-order valence-electron chi connectivity index (χ4n) is 2.09. The summed E-state index contributed by atoms with van der Waals surface area (Å²) in [6, 6.07) is 6.13. The van der Waals surface area contributed by atoms with Gasteiger partial charge in [0.25, 0.3) is 0 Å². The third-order valence-electron chi connectivity index (χ3n) is 2.92. The van der Waals surface area contributed by atoms with E-state index < -0.39 is 0 Å². The van der Waals surface area contributed by atoms with Gasteiger partial charge in [-0.2, -0.15) is 0 Å². The molecular weight excluding hydrogens is 212 g/mol. The lowest BCUT2D eigenvalue weighted by Gasteiger charge is -2.03. The van der Waals surface area contributed by atoms with Crippen LogP contribution < -0.4 is 5.32 Å². The highest BCUT2D eigenvalue weighted by Crippen LogP contribution is 2.22. The first-order valence-electron chi connectivity index (χ1n) is 6.04. The quantitative estimate of drug-likeness (QED) is 0.833. The summed E-state index contributed by atoms with van der Waals surface area (Å²) >= 11 is 0. The Labute approximate surface area is 101 Å². The number of hydrogen-bond donors (Lipinski definition) is 2. The van der Waals surface area contributed by atoms with Crippen LogP contribution in [-0.4, -0.2) is 17.4 Å². The molecule has 0 fully saturated rings. The molecule has 0 spiro atoms. The molecule has 0 aliphatic heterocycles. The van der Waals surface area contributed by atoms with Crippen molar-refractivity contribution in [3.05, 3.63) is 35.5 Å². The second-order valence-corrected chi connectivity index (χ2v) is 4.34. The van der Waals surface area contributed by atoms with E-state index in [4.69, 9.17) is 0 Å². The Morgan fingerprint density at radius 1 is 1.41 bits per heavy atom. The van der Waals surface area contributed by atoms with Crippen LogP contribution in [0.15, 0.2) is 24.4 Å². The van der Waals surface area contributed by atoms with Crippen LogP contribution in [0.1, 0.15) is 24.5 Å². The van der Waals surface area contributed by atoms with E-state index in [1.807, 2.05) is 18.3 Å². The molecule has 0 bridgehead atoms. The van der Waals surface area contributed by atoms with Crippen LogP contribution in [0.3, 0.4) is 0 Å². The van der Waals surface area contributed by atoms with E-state index in [1.54, 1.807) is 0 Å². The van der Waals surface area contributed by atoms with Crippen LogP contribution in [0.25, 0.3) is 10.9 Å². The number of amides is 1. The third kappa shape index (κ3) is 2.49. The number of benzene rings is 1. The highest BCUT2D eigenvalue weighted by molar-refractivity contribution is 5.90. The zero-order valence-corrected chi connectivity index (χ0v) is 10.3. The summed E-state index contributed by atoms with van der Waals surface area (Å²) in [5.74, 6) is 0.0935. The van der Waals surface area contributed by atoms with Gasteiger partial charge in [0.2, 0.25) is 5.91 Å².